The van der Waals surface area contributed by atoms with Gasteiger partial charge >= 0.3 is 5.97 Å². The number of H-pyrrole nitrogens is 1. The van der Waals surface area contributed by atoms with Crippen LogP contribution in [0, 0.1) is 6.92 Å². The predicted molar refractivity (Wildman–Crippen MR) is 112 cm³/mol. The SMILES string of the molecule is Cc1ccc(Cn2ccsc2=NC(=O)COC(=O)c2cc3ccccc3[nH]2)cc1. The zero-order valence-corrected chi connectivity index (χ0v) is 16.6. The first-order valence-corrected chi connectivity index (χ1v) is 9.98. The summed E-state index contributed by atoms with van der Waals surface area (Å²) in [6.07, 6.45) is 1.88. The molecule has 1 N–H and O–H groups in total. The minimum Gasteiger partial charge on any atom is -0.451 e. The predicted octanol–water partition coefficient (Wildman–Crippen LogP) is 3.67. The number of carbonyl (C=O) groups is 2. The van der Waals surface area contributed by atoms with E-state index in [2.05, 4.69) is 9.98 Å². The molecule has 6 nitrogen and oxygen atoms in total. The molecule has 0 aliphatic heterocycles. The maximum atomic E-state index is 12.2. The van der Waals surface area contributed by atoms with E-state index in [1.165, 1.54) is 16.9 Å². The highest BCUT2D eigenvalue weighted by Gasteiger charge is 2.13. The summed E-state index contributed by atoms with van der Waals surface area (Å²) >= 11 is 1.36. The highest BCUT2D eigenvalue weighted by molar-refractivity contribution is 7.07. The Kier molecular flexibility index (Phi) is 5.39. The molecule has 0 saturated heterocycles. The smallest absolute Gasteiger partial charge is 0.355 e. The summed E-state index contributed by atoms with van der Waals surface area (Å²) in [5.74, 6) is -1.09. The van der Waals surface area contributed by atoms with Gasteiger partial charge in [0.1, 0.15) is 5.69 Å². The number of nitrogens with zero attached hydrogens (tertiary/aromatic N) is 2. The van der Waals surface area contributed by atoms with Crippen LogP contribution in [0.2, 0.25) is 0 Å². The van der Waals surface area contributed by atoms with E-state index in [1.807, 2.05) is 71.6 Å². The molecule has 0 spiro atoms. The van der Waals surface area contributed by atoms with Crippen molar-refractivity contribution < 1.29 is 14.3 Å². The molecule has 0 bridgehead atoms. The van der Waals surface area contributed by atoms with E-state index in [0.29, 0.717) is 17.0 Å². The molecular weight excluding hydrogens is 386 g/mol. The van der Waals surface area contributed by atoms with Crippen molar-refractivity contribution in [1.82, 2.24) is 9.55 Å². The van der Waals surface area contributed by atoms with Crippen molar-refractivity contribution >= 4 is 34.1 Å². The Hall–Kier alpha value is -3.45. The summed E-state index contributed by atoms with van der Waals surface area (Å²) in [5.41, 5.74) is 3.46. The lowest BCUT2D eigenvalue weighted by atomic mass is 10.1. The molecule has 0 fully saturated rings. The fourth-order valence-corrected chi connectivity index (χ4v) is 3.67. The van der Waals surface area contributed by atoms with Crippen LogP contribution in [-0.2, 0) is 16.1 Å². The van der Waals surface area contributed by atoms with Crippen molar-refractivity contribution in [3.63, 3.8) is 0 Å². The van der Waals surface area contributed by atoms with Crippen LogP contribution in [0.1, 0.15) is 21.6 Å². The molecule has 4 aromatic rings. The zero-order valence-electron chi connectivity index (χ0n) is 15.8. The number of ether oxygens (including phenoxy) is 1. The summed E-state index contributed by atoms with van der Waals surface area (Å²) in [4.78, 5) is 32.1. The maximum Gasteiger partial charge on any atom is 0.355 e. The third-order valence-electron chi connectivity index (χ3n) is 4.43. The van der Waals surface area contributed by atoms with Crippen molar-refractivity contribution in [2.24, 2.45) is 4.99 Å². The molecule has 0 aliphatic rings. The topological polar surface area (TPSA) is 76.5 Å². The fraction of sp³-hybridized carbons (Fsp3) is 0.136. The number of esters is 1. The van der Waals surface area contributed by atoms with E-state index in [1.54, 1.807) is 6.07 Å². The van der Waals surface area contributed by atoms with Gasteiger partial charge in [0.15, 0.2) is 11.4 Å². The number of aromatic nitrogens is 2. The molecule has 1 amide bonds. The molecule has 4 rings (SSSR count). The summed E-state index contributed by atoms with van der Waals surface area (Å²) in [7, 11) is 0. The second-order valence-corrected chi connectivity index (χ2v) is 7.52. The Bertz CT molecular complexity index is 1200. The highest BCUT2D eigenvalue weighted by Crippen LogP contribution is 2.15. The normalized spacial score (nSPS) is 11.7. The fourth-order valence-electron chi connectivity index (χ4n) is 2.92. The van der Waals surface area contributed by atoms with Gasteiger partial charge in [0.05, 0.1) is 0 Å². The van der Waals surface area contributed by atoms with E-state index in [4.69, 9.17) is 4.74 Å². The van der Waals surface area contributed by atoms with Gasteiger partial charge in [-0.15, -0.1) is 11.3 Å². The number of amides is 1. The highest BCUT2D eigenvalue weighted by atomic mass is 32.1. The van der Waals surface area contributed by atoms with E-state index >= 15 is 0 Å². The van der Waals surface area contributed by atoms with Crippen LogP contribution >= 0.6 is 11.3 Å². The van der Waals surface area contributed by atoms with Crippen molar-refractivity contribution in [3.05, 3.63) is 87.8 Å². The second kappa shape index (κ2) is 8.28. The number of nitrogens with one attached hydrogen (secondary N) is 1. The number of carbonyl (C=O) groups excluding carboxylic acids is 2. The molecular formula is C22H19N3O3S. The number of fused-ring (bicyclic) bond motifs is 1. The minimum absolute atomic E-state index is 0.310. The van der Waals surface area contributed by atoms with Crippen LogP contribution < -0.4 is 4.80 Å². The lowest BCUT2D eigenvalue weighted by Gasteiger charge is -2.04. The van der Waals surface area contributed by atoms with Crippen LogP contribution in [0.4, 0.5) is 0 Å². The van der Waals surface area contributed by atoms with Gasteiger partial charge < -0.3 is 14.3 Å². The van der Waals surface area contributed by atoms with Crippen molar-refractivity contribution in [3.8, 4) is 0 Å². The molecule has 7 heteroatoms. The number of aryl methyl sites for hydroxylation is 1. The Balaban J connectivity index is 1.41. The standard InChI is InChI=1S/C22H19N3O3S/c1-15-6-8-16(9-7-15)13-25-10-11-29-22(25)24-20(26)14-28-21(27)19-12-17-4-2-3-5-18(17)23-19/h2-12,23H,13-14H2,1H3. The van der Waals surface area contributed by atoms with Crippen LogP contribution in [0.25, 0.3) is 10.9 Å². The van der Waals surface area contributed by atoms with Crippen molar-refractivity contribution in [1.29, 1.82) is 0 Å². The first-order chi connectivity index (χ1) is 14.1. The van der Waals surface area contributed by atoms with Gasteiger partial charge in [-0.05, 0) is 24.6 Å². The second-order valence-electron chi connectivity index (χ2n) is 6.65. The minimum atomic E-state index is -0.580. The first-order valence-electron chi connectivity index (χ1n) is 9.10. The number of aromatic amines is 1. The Morgan fingerprint density at radius 1 is 1.14 bits per heavy atom. The van der Waals surface area contributed by atoms with Gasteiger partial charge in [0.2, 0.25) is 0 Å². The van der Waals surface area contributed by atoms with Crippen LogP contribution in [0.5, 0.6) is 0 Å². The molecule has 29 heavy (non-hydrogen) atoms. The van der Waals surface area contributed by atoms with Crippen LogP contribution in [0.15, 0.2) is 71.2 Å². The Labute approximate surface area is 171 Å². The van der Waals surface area contributed by atoms with Gasteiger partial charge in [-0.25, -0.2) is 4.79 Å². The van der Waals surface area contributed by atoms with Gasteiger partial charge in [-0.2, -0.15) is 4.99 Å². The molecule has 2 heterocycles. The van der Waals surface area contributed by atoms with E-state index in [-0.39, 0.29) is 0 Å². The summed E-state index contributed by atoms with van der Waals surface area (Å²) in [6, 6.07) is 17.4. The zero-order chi connectivity index (χ0) is 20.2. The van der Waals surface area contributed by atoms with Gasteiger partial charge in [-0.3, -0.25) is 4.79 Å². The molecule has 2 aromatic heterocycles. The monoisotopic (exact) mass is 405 g/mol. The van der Waals surface area contributed by atoms with E-state index in [0.717, 1.165) is 16.5 Å². The summed E-state index contributed by atoms with van der Waals surface area (Å²) < 4.78 is 7.02. The summed E-state index contributed by atoms with van der Waals surface area (Å²) in [5, 5.41) is 2.78. The number of hydrogen-bond donors (Lipinski definition) is 1. The third-order valence-corrected chi connectivity index (χ3v) is 5.22. The van der Waals surface area contributed by atoms with Crippen LogP contribution in [0.3, 0.4) is 0 Å². The average molecular weight is 405 g/mol. The van der Waals surface area contributed by atoms with Crippen molar-refractivity contribution in [2.75, 3.05) is 6.61 Å². The largest absolute Gasteiger partial charge is 0.451 e. The van der Waals surface area contributed by atoms with Gasteiger partial charge in [-0.1, -0.05) is 48.0 Å². The molecule has 0 aliphatic carbocycles. The number of para-hydroxylation sites is 1. The lowest BCUT2D eigenvalue weighted by Crippen LogP contribution is -2.20. The lowest BCUT2D eigenvalue weighted by molar-refractivity contribution is -0.121. The molecule has 0 atom stereocenters. The van der Waals surface area contributed by atoms with Gasteiger partial charge in [0.25, 0.3) is 5.91 Å². The molecule has 0 saturated carbocycles. The maximum absolute atomic E-state index is 12.2. The van der Waals surface area contributed by atoms with Crippen LogP contribution in [-0.4, -0.2) is 28.0 Å². The first kappa shape index (κ1) is 18.9. The number of rotatable bonds is 5. The quantitative estimate of drug-likeness (QED) is 0.515. The van der Waals surface area contributed by atoms with Crippen molar-refractivity contribution in [2.45, 2.75) is 13.5 Å². The molecule has 2 aromatic carbocycles. The van der Waals surface area contributed by atoms with E-state index in [9.17, 15) is 9.59 Å². The van der Waals surface area contributed by atoms with E-state index < -0.39 is 18.5 Å². The molecule has 0 unspecified atom stereocenters. The number of thiazole rings is 1. The summed E-state index contributed by atoms with van der Waals surface area (Å²) in [6.45, 7) is 2.25. The Morgan fingerprint density at radius 2 is 1.93 bits per heavy atom. The number of hydrogen-bond acceptors (Lipinski definition) is 4. The van der Waals surface area contributed by atoms with Gasteiger partial charge in [0, 0.05) is 29.0 Å². The average Bonchev–Trinajstić information content (AvgIpc) is 3.34. The Morgan fingerprint density at radius 3 is 2.72 bits per heavy atom. The third kappa shape index (κ3) is 4.52. The molecule has 0 radical (unpaired) electrons. The molecule has 146 valence electrons. The number of benzene rings is 2.